The van der Waals surface area contributed by atoms with Gasteiger partial charge in [0, 0.05) is 24.2 Å². The number of benzene rings is 3. The van der Waals surface area contributed by atoms with E-state index in [1.165, 1.54) is 30.3 Å². The predicted octanol–water partition coefficient (Wildman–Crippen LogP) is 2.28. The molecular weight excluding hydrogens is 446 g/mol. The number of carbonyl (C=O) groups is 1. The van der Waals surface area contributed by atoms with E-state index in [0.29, 0.717) is 5.56 Å². The van der Waals surface area contributed by atoms with Crippen LogP contribution >= 0.6 is 0 Å². The Bertz CT molecular complexity index is 1360. The molecule has 1 atom stereocenters. The Kier molecular flexibility index (Phi) is 5.90. The number of amidine groups is 1. The van der Waals surface area contributed by atoms with E-state index in [9.17, 15) is 23.3 Å². The lowest BCUT2D eigenvalue weighted by molar-refractivity contribution is -0.384. The summed E-state index contributed by atoms with van der Waals surface area (Å²) in [4.78, 5) is 25.2. The molecule has 0 fully saturated rings. The maximum absolute atomic E-state index is 13.0. The number of nitrogens with one attached hydrogen (secondary N) is 1. The van der Waals surface area contributed by atoms with E-state index in [0.717, 1.165) is 5.56 Å². The number of nitrogens with two attached hydrogens (primary N) is 1. The third-order valence-electron chi connectivity index (χ3n) is 5.13. The molecule has 0 aliphatic carbocycles. The highest BCUT2D eigenvalue weighted by molar-refractivity contribution is 7.89. The predicted molar refractivity (Wildman–Crippen MR) is 120 cm³/mol. The van der Waals surface area contributed by atoms with E-state index in [4.69, 9.17) is 5.14 Å². The van der Waals surface area contributed by atoms with Crippen molar-refractivity contribution in [2.45, 2.75) is 17.5 Å². The van der Waals surface area contributed by atoms with Crippen LogP contribution in [0.25, 0.3) is 0 Å². The molecule has 0 saturated carbocycles. The first-order chi connectivity index (χ1) is 15.8. The smallest absolute Gasteiger partial charge is 0.269 e. The van der Waals surface area contributed by atoms with Crippen molar-refractivity contribution in [3.05, 3.63) is 106 Å². The number of hydrogen-bond acceptors (Lipinski definition) is 7. The van der Waals surface area contributed by atoms with Gasteiger partial charge in [-0.2, -0.15) is 5.10 Å². The molecule has 33 heavy (non-hydrogen) atoms. The minimum atomic E-state index is -4.10. The topological polar surface area (TPSA) is 148 Å². The fourth-order valence-corrected chi connectivity index (χ4v) is 4.43. The first kappa shape index (κ1) is 22.1. The van der Waals surface area contributed by atoms with Crippen LogP contribution in [0.1, 0.15) is 22.7 Å². The second-order valence-corrected chi connectivity index (χ2v) is 8.85. The van der Waals surface area contributed by atoms with Crippen molar-refractivity contribution < 1.29 is 18.1 Å². The molecule has 0 aromatic heterocycles. The first-order valence-electron chi connectivity index (χ1n) is 9.80. The van der Waals surface area contributed by atoms with Crippen LogP contribution in [0, 0.1) is 10.1 Å². The van der Waals surface area contributed by atoms with E-state index in [2.05, 4.69) is 10.5 Å². The summed E-state index contributed by atoms with van der Waals surface area (Å²) >= 11 is 0. The maximum atomic E-state index is 13.0. The van der Waals surface area contributed by atoms with E-state index in [1.807, 2.05) is 30.3 Å². The van der Waals surface area contributed by atoms with Gasteiger partial charge in [0.05, 0.1) is 9.82 Å². The number of nitro groups is 1. The van der Waals surface area contributed by atoms with Gasteiger partial charge in [-0.1, -0.05) is 54.6 Å². The monoisotopic (exact) mass is 465 g/mol. The summed E-state index contributed by atoms with van der Waals surface area (Å²) in [5.41, 5.74) is 3.63. The number of nitro benzene ring substituents is 1. The quantitative estimate of drug-likeness (QED) is 0.421. The molecule has 0 unspecified atom stereocenters. The molecule has 3 N–H and O–H groups in total. The average Bonchev–Trinajstić information content (AvgIpc) is 2.79. The van der Waals surface area contributed by atoms with Gasteiger partial charge >= 0.3 is 0 Å². The third-order valence-corrected chi connectivity index (χ3v) is 6.10. The van der Waals surface area contributed by atoms with Crippen molar-refractivity contribution in [2.75, 3.05) is 0 Å². The van der Waals surface area contributed by atoms with Crippen LogP contribution < -0.4 is 10.6 Å². The van der Waals surface area contributed by atoms with E-state index in [1.54, 1.807) is 23.1 Å². The van der Waals surface area contributed by atoms with Gasteiger partial charge in [-0.25, -0.2) is 19.0 Å². The Labute approximate surface area is 189 Å². The molecule has 1 aliphatic rings. The van der Waals surface area contributed by atoms with Crippen molar-refractivity contribution in [1.82, 2.24) is 10.3 Å². The normalized spacial score (nSPS) is 16.2. The van der Waals surface area contributed by atoms with Crippen molar-refractivity contribution in [1.29, 1.82) is 0 Å². The Morgan fingerprint density at radius 3 is 2.42 bits per heavy atom. The van der Waals surface area contributed by atoms with Gasteiger partial charge < -0.3 is 4.90 Å². The molecular formula is C22H19N5O5S. The van der Waals surface area contributed by atoms with E-state index < -0.39 is 26.9 Å². The second kappa shape index (κ2) is 8.81. The number of amides is 1. The standard InChI is InChI=1S/C22H19N5O5S/c23-33(31,32)19-12-5-4-11-18(19)21-24-25-22(28)20(16-9-6-10-17(13-16)27(29)30)26(21)14-15-7-2-1-3-8-15/h1-13,20H,14H2,(H,25,28)(H2,23,31,32)/t20-/m0/s1. The van der Waals surface area contributed by atoms with Crippen LogP contribution in [-0.4, -0.2) is 30.0 Å². The van der Waals surface area contributed by atoms with Crippen LogP contribution in [0.2, 0.25) is 0 Å². The Morgan fingerprint density at radius 1 is 1.03 bits per heavy atom. The summed E-state index contributed by atoms with van der Waals surface area (Å²) in [6, 6.07) is 20.0. The minimum absolute atomic E-state index is 0.157. The summed E-state index contributed by atoms with van der Waals surface area (Å²) in [6.07, 6.45) is 0. The Morgan fingerprint density at radius 2 is 1.73 bits per heavy atom. The number of carbonyl (C=O) groups excluding carboxylic acids is 1. The Hall–Kier alpha value is -4.09. The van der Waals surface area contributed by atoms with Crippen LogP contribution in [0.3, 0.4) is 0 Å². The molecule has 10 nitrogen and oxygen atoms in total. The number of rotatable bonds is 6. The summed E-state index contributed by atoms with van der Waals surface area (Å²) in [5, 5.41) is 20.9. The van der Waals surface area contributed by atoms with Gasteiger partial charge in [0.25, 0.3) is 11.6 Å². The van der Waals surface area contributed by atoms with Gasteiger partial charge in [-0.3, -0.25) is 14.9 Å². The molecule has 11 heteroatoms. The van der Waals surface area contributed by atoms with Crippen LogP contribution in [0.4, 0.5) is 5.69 Å². The zero-order valence-corrected chi connectivity index (χ0v) is 18.0. The van der Waals surface area contributed by atoms with Gasteiger partial charge in [0.1, 0.15) is 6.04 Å². The molecule has 0 radical (unpaired) electrons. The van der Waals surface area contributed by atoms with Gasteiger partial charge in [-0.05, 0) is 23.3 Å². The molecule has 4 rings (SSSR count). The second-order valence-electron chi connectivity index (χ2n) is 7.32. The van der Waals surface area contributed by atoms with Crippen LogP contribution in [0.5, 0.6) is 0 Å². The SMILES string of the molecule is NS(=O)(=O)c1ccccc1C1=NNC(=O)[C@H](c2cccc([N+](=O)[O-])c2)N1Cc1ccccc1. The Balaban J connectivity index is 1.89. The lowest BCUT2D eigenvalue weighted by Gasteiger charge is -2.36. The molecule has 1 amide bonds. The molecule has 168 valence electrons. The number of sulfonamides is 1. The zero-order valence-electron chi connectivity index (χ0n) is 17.2. The van der Waals surface area contributed by atoms with E-state index in [-0.39, 0.29) is 28.5 Å². The van der Waals surface area contributed by atoms with Crippen molar-refractivity contribution in [3.8, 4) is 0 Å². The van der Waals surface area contributed by atoms with Gasteiger partial charge in [-0.15, -0.1) is 0 Å². The largest absolute Gasteiger partial charge is 0.334 e. The number of hydrazone groups is 1. The summed E-state index contributed by atoms with van der Waals surface area (Å²) in [5.74, 6) is -0.345. The maximum Gasteiger partial charge on any atom is 0.269 e. The lowest BCUT2D eigenvalue weighted by atomic mass is 10.00. The fourth-order valence-electron chi connectivity index (χ4n) is 3.70. The number of primary sulfonamides is 1. The van der Waals surface area contributed by atoms with Crippen LogP contribution in [0.15, 0.2) is 88.9 Å². The highest BCUT2D eigenvalue weighted by atomic mass is 32.2. The number of nitrogens with zero attached hydrogens (tertiary/aromatic N) is 3. The van der Waals surface area contributed by atoms with Crippen LogP contribution in [-0.2, 0) is 21.4 Å². The van der Waals surface area contributed by atoms with Crippen molar-refractivity contribution in [3.63, 3.8) is 0 Å². The summed E-state index contributed by atoms with van der Waals surface area (Å²) in [6.45, 7) is 0.180. The number of non-ortho nitro benzene ring substituents is 1. The fraction of sp³-hybridized carbons (Fsp3) is 0.0909. The van der Waals surface area contributed by atoms with Gasteiger partial charge in [0.2, 0.25) is 10.0 Å². The molecule has 0 bridgehead atoms. The summed E-state index contributed by atoms with van der Waals surface area (Å²) in [7, 11) is -4.10. The van der Waals surface area contributed by atoms with Gasteiger partial charge in [0.15, 0.2) is 5.84 Å². The molecule has 0 spiro atoms. The van der Waals surface area contributed by atoms with Crippen molar-refractivity contribution >= 4 is 27.5 Å². The zero-order chi connectivity index (χ0) is 23.6. The highest BCUT2D eigenvalue weighted by Crippen LogP contribution is 2.31. The first-order valence-corrected chi connectivity index (χ1v) is 11.3. The molecule has 3 aromatic carbocycles. The van der Waals surface area contributed by atoms with Crippen molar-refractivity contribution in [2.24, 2.45) is 10.2 Å². The number of hydrogen-bond donors (Lipinski definition) is 2. The average molecular weight is 465 g/mol. The molecule has 1 heterocycles. The minimum Gasteiger partial charge on any atom is -0.334 e. The highest BCUT2D eigenvalue weighted by Gasteiger charge is 2.36. The molecule has 1 aliphatic heterocycles. The van der Waals surface area contributed by atoms with E-state index >= 15 is 0 Å². The molecule has 0 saturated heterocycles. The summed E-state index contributed by atoms with van der Waals surface area (Å²) < 4.78 is 24.5. The third kappa shape index (κ3) is 4.59. The molecule has 3 aromatic rings. The lowest BCUT2D eigenvalue weighted by Crippen LogP contribution is -2.48.